The molecule has 7 N–H and O–H groups in total. The van der Waals surface area contributed by atoms with E-state index >= 15 is 0 Å². The molecule has 1 aliphatic heterocycles. The Morgan fingerprint density at radius 3 is 2.77 bits per heavy atom. The molecule has 2 aromatic heterocycles. The van der Waals surface area contributed by atoms with Gasteiger partial charge in [-0.05, 0) is 37.9 Å². The molecule has 1 aliphatic carbocycles. The quantitative estimate of drug-likeness (QED) is 0.296. The van der Waals surface area contributed by atoms with Crippen molar-refractivity contribution < 1.29 is 15.3 Å². The summed E-state index contributed by atoms with van der Waals surface area (Å²) in [6.07, 6.45) is 1.86. The van der Waals surface area contributed by atoms with Crippen molar-refractivity contribution in [3.8, 4) is 11.8 Å². The first-order valence-electron chi connectivity index (χ1n) is 10.4. The van der Waals surface area contributed by atoms with Crippen molar-refractivity contribution in [3.05, 3.63) is 32.6 Å². The van der Waals surface area contributed by atoms with Crippen molar-refractivity contribution in [1.29, 1.82) is 0 Å². The fourth-order valence-corrected chi connectivity index (χ4v) is 5.31. The predicted molar refractivity (Wildman–Crippen MR) is 121 cm³/mol. The molecule has 4 rings (SSSR count). The monoisotopic (exact) mass is 463 g/mol. The number of aliphatic hydroxyl groups is 3. The summed E-state index contributed by atoms with van der Waals surface area (Å²) in [5.41, 5.74) is 6.13. The number of nitrogens with zero attached hydrogens (tertiary/aromatic N) is 2. The second-order valence-electron chi connectivity index (χ2n) is 7.96. The molecule has 31 heavy (non-hydrogen) atoms. The van der Waals surface area contributed by atoms with E-state index in [0.717, 1.165) is 17.8 Å². The van der Waals surface area contributed by atoms with E-state index < -0.39 is 24.2 Å². The Balaban J connectivity index is 1.56. The molecule has 3 heterocycles. The minimum Gasteiger partial charge on any atom is -0.396 e. The van der Waals surface area contributed by atoms with Crippen molar-refractivity contribution in [2.24, 2.45) is 5.92 Å². The highest BCUT2D eigenvalue weighted by Gasteiger charge is 2.41. The first kappa shape index (κ1) is 22.3. The van der Waals surface area contributed by atoms with Crippen LogP contribution in [0.1, 0.15) is 47.0 Å². The third kappa shape index (κ3) is 4.95. The zero-order valence-electron chi connectivity index (χ0n) is 16.9. The van der Waals surface area contributed by atoms with Gasteiger partial charge in [0.2, 0.25) is 5.95 Å². The molecule has 0 radical (unpaired) electrons. The van der Waals surface area contributed by atoms with Crippen molar-refractivity contribution in [2.75, 3.05) is 24.2 Å². The molecule has 0 bridgehead atoms. The highest BCUT2D eigenvalue weighted by atomic mass is 35.5. The van der Waals surface area contributed by atoms with Crippen LogP contribution in [0.5, 0.6) is 0 Å². The lowest BCUT2D eigenvalue weighted by atomic mass is 10.0. The zero-order valence-corrected chi connectivity index (χ0v) is 18.5. The molecular weight excluding hydrogens is 438 g/mol. The van der Waals surface area contributed by atoms with Crippen LogP contribution in [0.15, 0.2) is 12.1 Å². The second-order valence-corrected chi connectivity index (χ2v) is 9.43. The first-order chi connectivity index (χ1) is 15.0. The lowest BCUT2D eigenvalue weighted by Gasteiger charge is -2.22. The molecule has 1 saturated carbocycles. The number of aromatic nitrogens is 2. The summed E-state index contributed by atoms with van der Waals surface area (Å²) in [7, 11) is 0. The summed E-state index contributed by atoms with van der Waals surface area (Å²) in [5.74, 6) is 6.02. The Morgan fingerprint density at radius 2 is 2.06 bits per heavy atom. The summed E-state index contributed by atoms with van der Waals surface area (Å²) in [4.78, 5) is 10.4. The summed E-state index contributed by atoms with van der Waals surface area (Å²) in [6, 6.07) is 3.95. The van der Waals surface area contributed by atoms with E-state index in [1.807, 2.05) is 6.07 Å². The van der Waals surface area contributed by atoms with Crippen LogP contribution in [-0.4, -0.2) is 56.7 Å². The van der Waals surface area contributed by atoms with Gasteiger partial charge in [0.25, 0.3) is 0 Å². The molecule has 0 amide bonds. The standard InChI is InChI=1S/C21H26ClN5O3S/c22-19-13(6-4-12-5-7-16(31-12)14-3-1-2-8-24-14)20(27-21(23)26-19)25-15-9-11(10-28)17(29)18(15)30/h5,7,11,14-15,17-18,24,28-30H,1-3,8-10H2,(H3,23,25,26,27)/t11-,14?,15-,17-,18+/m1/s1. The van der Waals surface area contributed by atoms with Crippen LogP contribution in [0.25, 0.3) is 0 Å². The molecule has 1 saturated heterocycles. The van der Waals surface area contributed by atoms with E-state index in [-0.39, 0.29) is 17.7 Å². The highest BCUT2D eigenvalue weighted by Crippen LogP contribution is 2.31. The van der Waals surface area contributed by atoms with Gasteiger partial charge in [-0.3, -0.25) is 0 Å². The Kier molecular flexibility index (Phi) is 6.96. The van der Waals surface area contributed by atoms with Crippen molar-refractivity contribution >= 4 is 34.7 Å². The zero-order chi connectivity index (χ0) is 22.0. The Labute approximate surface area is 189 Å². The number of thiophene rings is 1. The van der Waals surface area contributed by atoms with E-state index in [9.17, 15) is 15.3 Å². The number of nitrogens with one attached hydrogen (secondary N) is 2. The maximum atomic E-state index is 10.3. The molecule has 166 valence electrons. The van der Waals surface area contributed by atoms with Gasteiger partial charge in [0, 0.05) is 23.4 Å². The number of halogens is 1. The van der Waals surface area contributed by atoms with Gasteiger partial charge < -0.3 is 31.7 Å². The van der Waals surface area contributed by atoms with Crippen LogP contribution in [0.2, 0.25) is 5.15 Å². The largest absolute Gasteiger partial charge is 0.396 e. The van der Waals surface area contributed by atoms with Crippen molar-refractivity contribution in [3.63, 3.8) is 0 Å². The number of hydrogen-bond acceptors (Lipinski definition) is 9. The van der Waals surface area contributed by atoms with E-state index in [1.54, 1.807) is 11.3 Å². The molecule has 1 unspecified atom stereocenters. The summed E-state index contributed by atoms with van der Waals surface area (Å²) in [5, 5.41) is 36.5. The average molecular weight is 464 g/mol. The Bertz CT molecular complexity index is 985. The molecule has 10 heteroatoms. The number of hydrogen-bond donors (Lipinski definition) is 6. The van der Waals surface area contributed by atoms with Gasteiger partial charge in [-0.25, -0.2) is 0 Å². The second kappa shape index (κ2) is 9.69. The molecule has 5 atom stereocenters. The van der Waals surface area contributed by atoms with Crippen LogP contribution in [0, 0.1) is 17.8 Å². The van der Waals surface area contributed by atoms with E-state index in [1.165, 1.54) is 17.7 Å². The van der Waals surface area contributed by atoms with Crippen LogP contribution < -0.4 is 16.4 Å². The van der Waals surface area contributed by atoms with Crippen LogP contribution in [-0.2, 0) is 0 Å². The fraction of sp³-hybridized carbons (Fsp3) is 0.524. The average Bonchev–Trinajstić information content (AvgIpc) is 3.34. The summed E-state index contributed by atoms with van der Waals surface area (Å²) >= 11 is 7.95. The normalized spacial score (nSPS) is 28.2. The summed E-state index contributed by atoms with van der Waals surface area (Å²) in [6.45, 7) is 0.822. The minimum absolute atomic E-state index is 0.0217. The van der Waals surface area contributed by atoms with Gasteiger partial charge in [0.15, 0.2) is 5.15 Å². The summed E-state index contributed by atoms with van der Waals surface area (Å²) < 4.78 is 0. The molecule has 0 spiro atoms. The SMILES string of the molecule is Nc1nc(Cl)c(C#Cc2ccc(C3CCCCN3)s2)c(N[C@@H]2C[C@H](CO)[C@@H](O)[C@H]2O)n1. The van der Waals surface area contributed by atoms with Gasteiger partial charge in [-0.15, -0.1) is 11.3 Å². The molecule has 2 aliphatic rings. The van der Waals surface area contributed by atoms with Gasteiger partial charge >= 0.3 is 0 Å². The van der Waals surface area contributed by atoms with Crippen LogP contribution in [0.4, 0.5) is 11.8 Å². The third-order valence-electron chi connectivity index (χ3n) is 5.83. The predicted octanol–water partition coefficient (Wildman–Crippen LogP) is 1.50. The highest BCUT2D eigenvalue weighted by molar-refractivity contribution is 7.12. The van der Waals surface area contributed by atoms with Gasteiger partial charge in [0.1, 0.15) is 17.5 Å². The number of nitrogen functional groups attached to an aromatic ring is 1. The third-order valence-corrected chi connectivity index (χ3v) is 7.22. The minimum atomic E-state index is -1.06. The number of piperidine rings is 1. The smallest absolute Gasteiger partial charge is 0.223 e. The number of aliphatic hydroxyl groups excluding tert-OH is 3. The van der Waals surface area contributed by atoms with E-state index in [0.29, 0.717) is 23.8 Å². The van der Waals surface area contributed by atoms with Crippen LogP contribution in [0.3, 0.4) is 0 Å². The molecule has 2 fully saturated rings. The molecular formula is C21H26ClN5O3S. The topological polar surface area (TPSA) is 137 Å². The van der Waals surface area contributed by atoms with Crippen molar-refractivity contribution in [2.45, 2.75) is 50.0 Å². The number of nitrogens with two attached hydrogens (primary N) is 1. The Hall–Kier alpha value is -1.93. The number of rotatable bonds is 4. The van der Waals surface area contributed by atoms with Gasteiger partial charge in [-0.1, -0.05) is 29.9 Å². The lowest BCUT2D eigenvalue weighted by molar-refractivity contribution is 0.00445. The molecule has 0 aromatic carbocycles. The van der Waals surface area contributed by atoms with E-state index in [4.69, 9.17) is 17.3 Å². The fourth-order valence-electron chi connectivity index (χ4n) is 4.12. The first-order valence-corrected chi connectivity index (χ1v) is 11.6. The molecule has 2 aromatic rings. The maximum Gasteiger partial charge on any atom is 0.223 e. The number of anilines is 2. The Morgan fingerprint density at radius 1 is 1.23 bits per heavy atom. The lowest BCUT2D eigenvalue weighted by Crippen LogP contribution is -2.35. The van der Waals surface area contributed by atoms with E-state index in [2.05, 4.69) is 38.5 Å². The van der Waals surface area contributed by atoms with Crippen LogP contribution >= 0.6 is 22.9 Å². The van der Waals surface area contributed by atoms with Crippen molar-refractivity contribution in [1.82, 2.24) is 15.3 Å². The van der Waals surface area contributed by atoms with Gasteiger partial charge in [-0.2, -0.15) is 9.97 Å². The maximum absolute atomic E-state index is 10.3. The molecule has 8 nitrogen and oxygen atoms in total. The van der Waals surface area contributed by atoms with Gasteiger partial charge in [0.05, 0.1) is 17.0 Å².